The zero-order valence-electron chi connectivity index (χ0n) is 15.8. The zero-order valence-corrected chi connectivity index (χ0v) is 16.6. The molecule has 7 nitrogen and oxygen atoms in total. The fourth-order valence-corrected chi connectivity index (χ4v) is 3.17. The maximum atomic E-state index is 12.7. The van der Waals surface area contributed by atoms with Crippen LogP contribution in [0.4, 0.5) is 14.5 Å². The number of anilines is 1. The van der Waals surface area contributed by atoms with Crippen LogP contribution in [0.2, 0.25) is 0 Å². The van der Waals surface area contributed by atoms with Crippen molar-refractivity contribution in [3.63, 3.8) is 0 Å². The Labute approximate surface area is 174 Å². The quantitative estimate of drug-likeness (QED) is 0.597. The summed E-state index contributed by atoms with van der Waals surface area (Å²) in [7, 11) is 1.78. The van der Waals surface area contributed by atoms with Crippen molar-refractivity contribution in [1.29, 1.82) is 0 Å². The molecule has 1 aliphatic rings. The standard InChI is InChI=1S/C20H17ClF2N4O3/c1-26-11-16(18(25-26)12-2-3-12)27-10-13(4-9-17(27)28)19(29)24-14-5-7-15(8-6-14)30-20(21,22)23/h4-12H,2-3H2,1H3,(H,24,29). The number of benzene rings is 1. The molecule has 0 unspecified atom stereocenters. The fraction of sp³-hybridized carbons (Fsp3) is 0.250. The molecule has 1 N–H and O–H groups in total. The highest BCUT2D eigenvalue weighted by Gasteiger charge is 2.30. The number of hydrogen-bond acceptors (Lipinski definition) is 4. The highest BCUT2D eigenvalue weighted by Crippen LogP contribution is 2.41. The van der Waals surface area contributed by atoms with Crippen molar-refractivity contribution in [2.24, 2.45) is 7.05 Å². The Balaban J connectivity index is 1.56. The van der Waals surface area contributed by atoms with E-state index in [1.807, 2.05) is 0 Å². The van der Waals surface area contributed by atoms with Crippen molar-refractivity contribution < 1.29 is 18.3 Å². The number of rotatable bonds is 6. The van der Waals surface area contributed by atoms with E-state index in [1.165, 1.54) is 47.2 Å². The Kier molecular flexibility index (Phi) is 5.07. The van der Waals surface area contributed by atoms with Crippen LogP contribution in [-0.2, 0) is 7.05 Å². The molecule has 2 aromatic heterocycles. The van der Waals surface area contributed by atoms with Gasteiger partial charge < -0.3 is 10.1 Å². The van der Waals surface area contributed by atoms with Gasteiger partial charge in [-0.25, -0.2) is 0 Å². The van der Waals surface area contributed by atoms with Crippen LogP contribution in [0.25, 0.3) is 5.69 Å². The highest BCUT2D eigenvalue weighted by atomic mass is 35.5. The lowest BCUT2D eigenvalue weighted by molar-refractivity contribution is -0.0964. The summed E-state index contributed by atoms with van der Waals surface area (Å²) in [5.74, 6) is -0.283. The van der Waals surface area contributed by atoms with Gasteiger partial charge in [-0.3, -0.25) is 18.8 Å². The third kappa shape index (κ3) is 4.51. The van der Waals surface area contributed by atoms with Gasteiger partial charge in [-0.1, -0.05) is 0 Å². The van der Waals surface area contributed by atoms with Crippen molar-refractivity contribution in [3.8, 4) is 11.4 Å². The first-order chi connectivity index (χ1) is 14.2. The predicted molar refractivity (Wildman–Crippen MR) is 107 cm³/mol. The Morgan fingerprint density at radius 3 is 2.53 bits per heavy atom. The highest BCUT2D eigenvalue weighted by molar-refractivity contribution is 6.20. The molecule has 156 valence electrons. The molecule has 0 bridgehead atoms. The molecule has 0 atom stereocenters. The van der Waals surface area contributed by atoms with E-state index in [-0.39, 0.29) is 16.9 Å². The number of halogens is 3. The maximum Gasteiger partial charge on any atom is 0.487 e. The van der Waals surface area contributed by atoms with Gasteiger partial charge in [0.15, 0.2) is 0 Å². The minimum Gasteiger partial charge on any atom is -0.420 e. The second-order valence-corrected chi connectivity index (χ2v) is 7.44. The molecule has 1 saturated carbocycles. The van der Waals surface area contributed by atoms with E-state index in [0.29, 0.717) is 17.3 Å². The summed E-state index contributed by atoms with van der Waals surface area (Å²) in [5, 5.41) is 7.10. The zero-order chi connectivity index (χ0) is 21.5. The Bertz CT molecular complexity index is 1150. The van der Waals surface area contributed by atoms with Gasteiger partial charge in [-0.15, -0.1) is 8.78 Å². The maximum absolute atomic E-state index is 12.7. The van der Waals surface area contributed by atoms with Crippen LogP contribution in [0, 0.1) is 0 Å². The molecule has 2 heterocycles. The van der Waals surface area contributed by atoms with E-state index in [1.54, 1.807) is 17.9 Å². The van der Waals surface area contributed by atoms with Crippen molar-refractivity contribution in [2.75, 3.05) is 5.32 Å². The van der Waals surface area contributed by atoms with E-state index in [4.69, 9.17) is 11.6 Å². The molecule has 0 aliphatic heterocycles. The number of carbonyl (C=O) groups is 1. The molecule has 10 heteroatoms. The molecule has 1 amide bonds. The van der Waals surface area contributed by atoms with E-state index in [0.717, 1.165) is 18.5 Å². The number of hydrogen-bond donors (Lipinski definition) is 1. The van der Waals surface area contributed by atoms with E-state index >= 15 is 0 Å². The molecule has 4 rings (SSSR count). The van der Waals surface area contributed by atoms with Gasteiger partial charge in [0.1, 0.15) is 5.75 Å². The number of aromatic nitrogens is 3. The average Bonchev–Trinajstić information content (AvgIpc) is 3.44. The Morgan fingerprint density at radius 2 is 1.90 bits per heavy atom. The molecule has 1 aliphatic carbocycles. The van der Waals surface area contributed by atoms with E-state index < -0.39 is 11.5 Å². The third-order valence-corrected chi connectivity index (χ3v) is 4.66. The fourth-order valence-electron chi connectivity index (χ4n) is 3.08. The lowest BCUT2D eigenvalue weighted by atomic mass is 10.2. The SMILES string of the molecule is Cn1cc(-n2cc(C(=O)Nc3ccc(OC(F)(F)Cl)cc3)ccc2=O)c(C2CC2)n1. The smallest absolute Gasteiger partial charge is 0.420 e. The third-order valence-electron chi connectivity index (χ3n) is 4.58. The summed E-state index contributed by atoms with van der Waals surface area (Å²) < 4.78 is 32.6. The first kappa shape index (κ1) is 20.1. The Hall–Kier alpha value is -3.20. The van der Waals surface area contributed by atoms with Crippen LogP contribution in [0.5, 0.6) is 5.75 Å². The summed E-state index contributed by atoms with van der Waals surface area (Å²) in [5.41, 5.74) is -1.97. The van der Waals surface area contributed by atoms with Gasteiger partial charge in [-0.05, 0) is 43.2 Å². The van der Waals surface area contributed by atoms with Gasteiger partial charge in [0.05, 0.1) is 16.9 Å². The topological polar surface area (TPSA) is 78.1 Å². The monoisotopic (exact) mass is 434 g/mol. The van der Waals surface area contributed by atoms with E-state index in [9.17, 15) is 18.4 Å². The summed E-state index contributed by atoms with van der Waals surface area (Å²) in [6, 6.07) is 8.05. The molecule has 0 radical (unpaired) electrons. The Morgan fingerprint density at radius 1 is 1.20 bits per heavy atom. The lowest BCUT2D eigenvalue weighted by Gasteiger charge is -2.12. The lowest BCUT2D eigenvalue weighted by Crippen LogP contribution is -2.21. The average molecular weight is 435 g/mol. The summed E-state index contributed by atoms with van der Waals surface area (Å²) in [4.78, 5) is 25.1. The van der Waals surface area contributed by atoms with Gasteiger partial charge in [0.2, 0.25) is 0 Å². The second kappa shape index (κ2) is 7.56. The minimum absolute atomic E-state index is 0.147. The van der Waals surface area contributed by atoms with E-state index in [2.05, 4.69) is 15.2 Å². The van der Waals surface area contributed by atoms with Crippen LogP contribution >= 0.6 is 11.6 Å². The molecule has 1 aromatic carbocycles. The van der Waals surface area contributed by atoms with Gasteiger partial charge in [0.25, 0.3) is 11.5 Å². The molecular weight excluding hydrogens is 418 g/mol. The number of ether oxygens (including phenoxy) is 1. The molecular formula is C20H17ClF2N4O3. The van der Waals surface area contributed by atoms with Crippen molar-refractivity contribution >= 4 is 23.2 Å². The number of carbonyl (C=O) groups excluding carboxylic acids is 1. The number of aryl methyl sites for hydroxylation is 1. The second-order valence-electron chi connectivity index (χ2n) is 7.00. The van der Waals surface area contributed by atoms with Gasteiger partial charge in [-0.2, -0.15) is 5.10 Å². The molecule has 30 heavy (non-hydrogen) atoms. The normalized spacial score (nSPS) is 13.9. The number of nitrogens with one attached hydrogen (secondary N) is 1. The summed E-state index contributed by atoms with van der Waals surface area (Å²) in [6.45, 7) is 0. The van der Waals surface area contributed by atoms with Crippen molar-refractivity contribution in [3.05, 3.63) is 70.4 Å². The first-order valence-electron chi connectivity index (χ1n) is 9.13. The van der Waals surface area contributed by atoms with Crippen molar-refractivity contribution in [1.82, 2.24) is 14.3 Å². The van der Waals surface area contributed by atoms with Crippen LogP contribution < -0.4 is 15.6 Å². The van der Waals surface area contributed by atoms with Crippen LogP contribution in [-0.4, -0.2) is 25.8 Å². The predicted octanol–water partition coefficient (Wildman–Crippen LogP) is 3.87. The molecule has 1 fully saturated rings. The van der Waals surface area contributed by atoms with Crippen LogP contribution in [0.15, 0.2) is 53.6 Å². The molecule has 0 saturated heterocycles. The summed E-state index contributed by atoms with van der Waals surface area (Å²) in [6.07, 6.45) is 5.26. The van der Waals surface area contributed by atoms with Crippen LogP contribution in [0.3, 0.4) is 0 Å². The van der Waals surface area contributed by atoms with Gasteiger partial charge in [0, 0.05) is 48.7 Å². The van der Waals surface area contributed by atoms with Crippen LogP contribution in [0.1, 0.15) is 34.8 Å². The number of pyridine rings is 1. The first-order valence-corrected chi connectivity index (χ1v) is 9.51. The summed E-state index contributed by atoms with van der Waals surface area (Å²) >= 11 is 4.73. The van der Waals surface area contributed by atoms with Crippen molar-refractivity contribution in [2.45, 2.75) is 24.3 Å². The number of nitrogens with zero attached hydrogens (tertiary/aromatic N) is 3. The minimum atomic E-state index is -3.82. The molecule has 0 spiro atoms. The molecule has 3 aromatic rings. The number of amides is 1. The number of alkyl halides is 3. The largest absolute Gasteiger partial charge is 0.487 e. The van der Waals surface area contributed by atoms with Gasteiger partial charge >= 0.3 is 5.57 Å².